The first-order chi connectivity index (χ1) is 10.2. The zero-order valence-electron chi connectivity index (χ0n) is 11.9. The lowest BCUT2D eigenvalue weighted by atomic mass is 10.1. The number of hydrogen-bond acceptors (Lipinski definition) is 4. The van der Waals surface area contributed by atoms with E-state index in [4.69, 9.17) is 4.74 Å². The summed E-state index contributed by atoms with van der Waals surface area (Å²) in [4.78, 5) is 18.0. The van der Waals surface area contributed by atoms with Crippen LogP contribution in [0.2, 0.25) is 0 Å². The van der Waals surface area contributed by atoms with Gasteiger partial charge in [0.15, 0.2) is 0 Å². The number of ether oxygens (including phenoxy) is 1. The molecule has 1 aromatic carbocycles. The van der Waals surface area contributed by atoms with E-state index in [1.54, 1.807) is 0 Å². The van der Waals surface area contributed by atoms with Crippen molar-refractivity contribution in [1.29, 1.82) is 0 Å². The van der Waals surface area contributed by atoms with Gasteiger partial charge < -0.3 is 4.74 Å². The summed E-state index contributed by atoms with van der Waals surface area (Å²) in [5.74, 6) is -0.264. The van der Waals surface area contributed by atoms with E-state index in [1.807, 2.05) is 25.3 Å². The SMILES string of the molecule is COC(=O)c1sc(Cc2cccc3cccnc23)cc1C. The molecule has 0 aliphatic carbocycles. The quantitative estimate of drug-likeness (QED) is 0.686. The topological polar surface area (TPSA) is 39.2 Å². The summed E-state index contributed by atoms with van der Waals surface area (Å²) in [5, 5.41) is 1.14. The molecule has 0 amide bonds. The van der Waals surface area contributed by atoms with Crippen molar-refractivity contribution in [3.63, 3.8) is 0 Å². The van der Waals surface area contributed by atoms with Crippen molar-refractivity contribution >= 4 is 28.2 Å². The molecular weight excluding hydrogens is 282 g/mol. The summed E-state index contributed by atoms with van der Waals surface area (Å²) in [6.07, 6.45) is 2.59. The maximum atomic E-state index is 11.7. The fourth-order valence-corrected chi connectivity index (χ4v) is 3.54. The van der Waals surface area contributed by atoms with Crippen molar-refractivity contribution in [2.24, 2.45) is 0 Å². The predicted octanol–water partition coefficient (Wildman–Crippen LogP) is 3.98. The highest BCUT2D eigenvalue weighted by Crippen LogP contribution is 2.27. The van der Waals surface area contributed by atoms with Crippen LogP contribution in [0, 0.1) is 6.92 Å². The van der Waals surface area contributed by atoms with Gasteiger partial charge in [-0.15, -0.1) is 11.3 Å². The molecule has 0 aliphatic heterocycles. The molecule has 3 aromatic rings. The van der Waals surface area contributed by atoms with Gasteiger partial charge in [-0.3, -0.25) is 4.98 Å². The monoisotopic (exact) mass is 297 g/mol. The summed E-state index contributed by atoms with van der Waals surface area (Å²) < 4.78 is 4.81. The molecule has 0 unspecified atom stereocenters. The molecule has 3 rings (SSSR count). The molecule has 0 spiro atoms. The molecule has 0 N–H and O–H groups in total. The minimum atomic E-state index is -0.264. The van der Waals surface area contributed by atoms with Crippen LogP contribution in [0.25, 0.3) is 10.9 Å². The number of benzene rings is 1. The summed E-state index contributed by atoms with van der Waals surface area (Å²) in [7, 11) is 1.41. The van der Waals surface area contributed by atoms with Gasteiger partial charge in [-0.2, -0.15) is 0 Å². The fraction of sp³-hybridized carbons (Fsp3) is 0.176. The van der Waals surface area contributed by atoms with Crippen molar-refractivity contribution in [2.75, 3.05) is 7.11 Å². The normalized spacial score (nSPS) is 10.8. The minimum Gasteiger partial charge on any atom is -0.465 e. The zero-order chi connectivity index (χ0) is 14.8. The first-order valence-electron chi connectivity index (χ1n) is 6.69. The number of rotatable bonds is 3. The Morgan fingerprint density at radius 3 is 2.90 bits per heavy atom. The lowest BCUT2D eigenvalue weighted by Crippen LogP contribution is -1.99. The van der Waals surface area contributed by atoms with Crippen LogP contribution in [0.4, 0.5) is 0 Å². The number of thiophene rings is 1. The van der Waals surface area contributed by atoms with Gasteiger partial charge in [-0.25, -0.2) is 4.79 Å². The van der Waals surface area contributed by atoms with Crippen LogP contribution in [0.3, 0.4) is 0 Å². The summed E-state index contributed by atoms with van der Waals surface area (Å²) in [6.45, 7) is 1.94. The van der Waals surface area contributed by atoms with Crippen molar-refractivity contribution < 1.29 is 9.53 Å². The second kappa shape index (κ2) is 5.66. The lowest BCUT2D eigenvalue weighted by Gasteiger charge is -2.03. The molecule has 0 fully saturated rings. The van der Waals surface area contributed by atoms with E-state index in [1.165, 1.54) is 24.0 Å². The van der Waals surface area contributed by atoms with Crippen molar-refractivity contribution in [3.8, 4) is 0 Å². The Kier molecular flexibility index (Phi) is 3.71. The van der Waals surface area contributed by atoms with E-state index in [0.29, 0.717) is 4.88 Å². The number of pyridine rings is 1. The first kappa shape index (κ1) is 13.8. The van der Waals surface area contributed by atoms with E-state index in [0.717, 1.165) is 27.8 Å². The Morgan fingerprint density at radius 2 is 2.10 bits per heavy atom. The van der Waals surface area contributed by atoms with Gasteiger partial charge in [0.2, 0.25) is 0 Å². The van der Waals surface area contributed by atoms with Crippen LogP contribution in [0.15, 0.2) is 42.6 Å². The third-order valence-corrected chi connectivity index (χ3v) is 4.64. The molecule has 106 valence electrons. The molecule has 4 heteroatoms. The van der Waals surface area contributed by atoms with Gasteiger partial charge >= 0.3 is 5.97 Å². The molecule has 0 radical (unpaired) electrons. The highest BCUT2D eigenvalue weighted by atomic mass is 32.1. The first-order valence-corrected chi connectivity index (χ1v) is 7.51. The van der Waals surface area contributed by atoms with E-state index in [9.17, 15) is 4.79 Å². The maximum absolute atomic E-state index is 11.7. The molecule has 3 nitrogen and oxygen atoms in total. The molecule has 0 saturated carbocycles. The highest BCUT2D eigenvalue weighted by Gasteiger charge is 2.14. The third-order valence-electron chi connectivity index (χ3n) is 3.42. The fourth-order valence-electron chi connectivity index (χ4n) is 2.43. The second-order valence-corrected chi connectivity index (χ2v) is 6.02. The largest absolute Gasteiger partial charge is 0.465 e. The van der Waals surface area contributed by atoms with Gasteiger partial charge in [0.05, 0.1) is 12.6 Å². The second-order valence-electron chi connectivity index (χ2n) is 4.89. The molecule has 2 aromatic heterocycles. The Hall–Kier alpha value is -2.20. The smallest absolute Gasteiger partial charge is 0.348 e. The van der Waals surface area contributed by atoms with E-state index >= 15 is 0 Å². The van der Waals surface area contributed by atoms with Crippen molar-refractivity contribution in [1.82, 2.24) is 4.98 Å². The summed E-state index contributed by atoms with van der Waals surface area (Å²) >= 11 is 1.49. The average Bonchev–Trinajstić information content (AvgIpc) is 2.87. The summed E-state index contributed by atoms with van der Waals surface area (Å²) in [6, 6.07) is 12.2. The standard InChI is InChI=1S/C17H15NO2S/c1-11-9-14(21-16(11)17(19)20-2)10-13-6-3-5-12-7-4-8-18-15(12)13/h3-9H,10H2,1-2H3. The molecule has 0 saturated heterocycles. The Morgan fingerprint density at radius 1 is 1.29 bits per heavy atom. The zero-order valence-corrected chi connectivity index (χ0v) is 12.7. The Labute approximate surface area is 127 Å². The van der Waals surface area contributed by atoms with E-state index < -0.39 is 0 Å². The van der Waals surface area contributed by atoms with Crippen molar-refractivity contribution in [2.45, 2.75) is 13.3 Å². The molecular formula is C17H15NO2S. The predicted molar refractivity (Wildman–Crippen MR) is 84.9 cm³/mol. The number of fused-ring (bicyclic) bond motifs is 1. The van der Waals surface area contributed by atoms with Gasteiger partial charge in [-0.1, -0.05) is 24.3 Å². The lowest BCUT2D eigenvalue weighted by molar-refractivity contribution is 0.0605. The van der Waals surface area contributed by atoms with Crippen molar-refractivity contribution in [3.05, 3.63) is 63.5 Å². The van der Waals surface area contributed by atoms with Crippen LogP contribution in [0.5, 0.6) is 0 Å². The van der Waals surface area contributed by atoms with Gasteiger partial charge in [-0.05, 0) is 30.2 Å². The number of esters is 1. The van der Waals surface area contributed by atoms with Gasteiger partial charge in [0.25, 0.3) is 0 Å². The highest BCUT2D eigenvalue weighted by molar-refractivity contribution is 7.14. The van der Waals surface area contributed by atoms with E-state index in [2.05, 4.69) is 29.2 Å². The number of aromatic nitrogens is 1. The average molecular weight is 297 g/mol. The molecule has 0 bridgehead atoms. The molecule has 21 heavy (non-hydrogen) atoms. The molecule has 0 atom stereocenters. The number of carbonyl (C=O) groups excluding carboxylic acids is 1. The number of para-hydroxylation sites is 1. The van der Waals surface area contributed by atoms with E-state index in [-0.39, 0.29) is 5.97 Å². The summed E-state index contributed by atoms with van der Waals surface area (Å²) in [5.41, 5.74) is 3.16. The Bertz CT molecular complexity index is 802. The molecule has 2 heterocycles. The molecule has 0 aliphatic rings. The number of carbonyl (C=O) groups is 1. The van der Waals surface area contributed by atoms with Gasteiger partial charge in [0.1, 0.15) is 4.88 Å². The van der Waals surface area contributed by atoms with Crippen LogP contribution in [-0.2, 0) is 11.2 Å². The van der Waals surface area contributed by atoms with Crippen LogP contribution in [0.1, 0.15) is 25.7 Å². The number of methoxy groups -OCH3 is 1. The van der Waals surface area contributed by atoms with Crippen LogP contribution >= 0.6 is 11.3 Å². The Balaban J connectivity index is 1.98. The number of aryl methyl sites for hydroxylation is 1. The van der Waals surface area contributed by atoms with Crippen LogP contribution in [-0.4, -0.2) is 18.1 Å². The number of hydrogen-bond donors (Lipinski definition) is 0. The van der Waals surface area contributed by atoms with Crippen LogP contribution < -0.4 is 0 Å². The third kappa shape index (κ3) is 2.67. The van der Waals surface area contributed by atoms with Gasteiger partial charge in [0, 0.05) is 22.9 Å². The number of nitrogens with zero attached hydrogens (tertiary/aromatic N) is 1. The maximum Gasteiger partial charge on any atom is 0.348 e. The minimum absolute atomic E-state index is 0.264.